The second kappa shape index (κ2) is 7.01. The van der Waals surface area contributed by atoms with Crippen LogP contribution in [0.3, 0.4) is 0 Å². The molecule has 1 saturated heterocycles. The molecule has 1 amide bonds. The molecule has 0 aromatic heterocycles. The van der Waals surface area contributed by atoms with E-state index < -0.39 is 0 Å². The quantitative estimate of drug-likeness (QED) is 0.891. The third kappa shape index (κ3) is 4.28. The summed E-state index contributed by atoms with van der Waals surface area (Å²) < 4.78 is 14.4. The van der Waals surface area contributed by atoms with Gasteiger partial charge in [-0.3, -0.25) is 4.79 Å². The van der Waals surface area contributed by atoms with Gasteiger partial charge in [0.15, 0.2) is 0 Å². The van der Waals surface area contributed by atoms with Crippen LogP contribution in [0.15, 0.2) is 22.7 Å². The number of carbonyl (C=O) groups is 1. The number of hydrogen-bond acceptors (Lipinski definition) is 2. The predicted octanol–water partition coefficient (Wildman–Crippen LogP) is 2.39. The van der Waals surface area contributed by atoms with Gasteiger partial charge in [0.05, 0.1) is 6.04 Å². The first kappa shape index (κ1) is 14.5. The van der Waals surface area contributed by atoms with Crippen LogP contribution >= 0.6 is 15.9 Å². The summed E-state index contributed by atoms with van der Waals surface area (Å²) in [7, 11) is 0. The van der Waals surface area contributed by atoms with Crippen molar-refractivity contribution in [3.05, 3.63) is 34.1 Å². The van der Waals surface area contributed by atoms with Crippen molar-refractivity contribution >= 4 is 21.8 Å². The van der Waals surface area contributed by atoms with E-state index in [2.05, 4.69) is 26.6 Å². The van der Waals surface area contributed by atoms with Gasteiger partial charge in [-0.2, -0.15) is 0 Å². The average Bonchev–Trinajstić information content (AvgIpc) is 2.43. The third-order valence-corrected chi connectivity index (χ3v) is 3.82. The zero-order valence-corrected chi connectivity index (χ0v) is 12.3. The summed E-state index contributed by atoms with van der Waals surface area (Å²) in [4.78, 5) is 11.9. The molecule has 0 radical (unpaired) electrons. The van der Waals surface area contributed by atoms with E-state index >= 15 is 0 Å². The van der Waals surface area contributed by atoms with Crippen molar-refractivity contribution in [1.29, 1.82) is 0 Å². The number of amides is 1. The van der Waals surface area contributed by atoms with Crippen LogP contribution in [0.25, 0.3) is 0 Å². The molecule has 0 saturated carbocycles. The van der Waals surface area contributed by atoms with Gasteiger partial charge in [-0.1, -0.05) is 22.4 Å². The number of benzene rings is 1. The van der Waals surface area contributed by atoms with Crippen molar-refractivity contribution in [2.24, 2.45) is 0 Å². The lowest BCUT2D eigenvalue weighted by Gasteiger charge is -2.22. The van der Waals surface area contributed by atoms with E-state index in [4.69, 9.17) is 0 Å². The molecule has 1 aromatic carbocycles. The van der Waals surface area contributed by atoms with Crippen molar-refractivity contribution < 1.29 is 9.18 Å². The Morgan fingerprint density at radius 1 is 1.47 bits per heavy atom. The van der Waals surface area contributed by atoms with Crippen LogP contribution in [0.2, 0.25) is 0 Å². The summed E-state index contributed by atoms with van der Waals surface area (Å²) in [6.45, 7) is 1.36. The summed E-state index contributed by atoms with van der Waals surface area (Å²) >= 11 is 3.32. The van der Waals surface area contributed by atoms with Gasteiger partial charge >= 0.3 is 0 Å². The van der Waals surface area contributed by atoms with Gasteiger partial charge < -0.3 is 10.6 Å². The first-order chi connectivity index (χ1) is 9.16. The lowest BCUT2D eigenvalue weighted by atomic mass is 10.0. The molecule has 19 heavy (non-hydrogen) atoms. The fraction of sp³-hybridized carbons (Fsp3) is 0.500. The van der Waals surface area contributed by atoms with Gasteiger partial charge in [-0.25, -0.2) is 4.39 Å². The molecule has 2 N–H and O–H groups in total. The topological polar surface area (TPSA) is 41.1 Å². The molecule has 1 aromatic rings. The smallest absolute Gasteiger partial charge is 0.237 e. The highest BCUT2D eigenvalue weighted by molar-refractivity contribution is 9.10. The highest BCUT2D eigenvalue weighted by atomic mass is 79.9. The molecule has 0 aliphatic carbocycles. The maximum Gasteiger partial charge on any atom is 0.237 e. The zero-order chi connectivity index (χ0) is 13.7. The lowest BCUT2D eigenvalue weighted by molar-refractivity contribution is -0.123. The minimum atomic E-state index is -0.228. The molecule has 1 aliphatic heterocycles. The molecule has 0 bridgehead atoms. The Morgan fingerprint density at radius 3 is 3.05 bits per heavy atom. The second-order valence-electron chi connectivity index (χ2n) is 4.78. The Morgan fingerprint density at radius 2 is 2.32 bits per heavy atom. The van der Waals surface area contributed by atoms with Gasteiger partial charge in [0.2, 0.25) is 5.91 Å². The van der Waals surface area contributed by atoms with E-state index in [1.165, 1.54) is 6.07 Å². The maximum absolute atomic E-state index is 13.5. The molecule has 3 nitrogen and oxygen atoms in total. The van der Waals surface area contributed by atoms with Crippen LogP contribution in [0.1, 0.15) is 24.8 Å². The molecule has 1 unspecified atom stereocenters. The van der Waals surface area contributed by atoms with Crippen molar-refractivity contribution in [3.8, 4) is 0 Å². The van der Waals surface area contributed by atoms with Gasteiger partial charge in [-0.05, 0) is 49.6 Å². The van der Waals surface area contributed by atoms with Gasteiger partial charge in [0.25, 0.3) is 0 Å². The number of rotatable bonds is 4. The molecule has 1 atom stereocenters. The van der Waals surface area contributed by atoms with E-state index in [0.717, 1.165) is 30.3 Å². The number of carbonyl (C=O) groups excluding carboxylic acids is 1. The van der Waals surface area contributed by atoms with Crippen LogP contribution in [0.4, 0.5) is 4.39 Å². The van der Waals surface area contributed by atoms with Crippen molar-refractivity contribution in [2.75, 3.05) is 13.1 Å². The standard InChI is InChI=1S/C14H18BrFN2O/c15-11-4-5-12(16)10(9-11)6-8-18-14(19)13-3-1-2-7-17-13/h4-5,9,13,17H,1-3,6-8H2,(H,18,19). The molecular formula is C14H18BrFN2O. The van der Waals surface area contributed by atoms with E-state index in [0.29, 0.717) is 18.5 Å². The van der Waals surface area contributed by atoms with Crippen LogP contribution in [0, 0.1) is 5.82 Å². The second-order valence-corrected chi connectivity index (χ2v) is 5.69. The molecule has 0 spiro atoms. The average molecular weight is 329 g/mol. The molecule has 2 rings (SSSR count). The first-order valence-electron chi connectivity index (χ1n) is 6.62. The molecule has 104 valence electrons. The largest absolute Gasteiger partial charge is 0.354 e. The van der Waals surface area contributed by atoms with Gasteiger partial charge in [0, 0.05) is 11.0 Å². The van der Waals surface area contributed by atoms with Crippen LogP contribution in [0.5, 0.6) is 0 Å². The lowest BCUT2D eigenvalue weighted by Crippen LogP contribution is -2.47. The monoisotopic (exact) mass is 328 g/mol. The van der Waals surface area contributed by atoms with E-state index in [1.54, 1.807) is 12.1 Å². The Kier molecular flexibility index (Phi) is 5.34. The molecular weight excluding hydrogens is 311 g/mol. The molecule has 1 aliphatic rings. The Hall–Kier alpha value is -0.940. The third-order valence-electron chi connectivity index (χ3n) is 3.33. The van der Waals surface area contributed by atoms with Crippen molar-refractivity contribution in [1.82, 2.24) is 10.6 Å². The number of halogens is 2. The van der Waals surface area contributed by atoms with E-state index in [9.17, 15) is 9.18 Å². The number of hydrogen-bond donors (Lipinski definition) is 2. The normalized spacial score (nSPS) is 19.2. The summed E-state index contributed by atoms with van der Waals surface area (Å²) in [5, 5.41) is 6.06. The summed E-state index contributed by atoms with van der Waals surface area (Å²) in [5.74, 6) is -0.205. The molecule has 5 heteroatoms. The number of nitrogens with one attached hydrogen (secondary N) is 2. The summed E-state index contributed by atoms with van der Waals surface area (Å²) in [6.07, 6.45) is 3.61. The van der Waals surface area contributed by atoms with Gasteiger partial charge in [0.1, 0.15) is 5.82 Å². The fourth-order valence-corrected chi connectivity index (χ4v) is 2.66. The van der Waals surface area contributed by atoms with Gasteiger partial charge in [-0.15, -0.1) is 0 Å². The first-order valence-corrected chi connectivity index (χ1v) is 7.41. The van der Waals surface area contributed by atoms with Crippen LogP contribution in [-0.2, 0) is 11.2 Å². The Balaban J connectivity index is 1.79. The number of piperidine rings is 1. The van der Waals surface area contributed by atoms with Crippen molar-refractivity contribution in [2.45, 2.75) is 31.7 Å². The summed E-state index contributed by atoms with van der Waals surface area (Å²) in [5.41, 5.74) is 0.617. The SMILES string of the molecule is O=C(NCCc1cc(Br)ccc1F)C1CCCCN1. The highest BCUT2D eigenvalue weighted by Crippen LogP contribution is 2.15. The summed E-state index contributed by atoms with van der Waals surface area (Å²) in [6, 6.07) is 4.77. The minimum absolute atomic E-state index is 0.0232. The van der Waals surface area contributed by atoms with Crippen LogP contribution in [-0.4, -0.2) is 25.0 Å². The van der Waals surface area contributed by atoms with E-state index in [1.807, 2.05) is 0 Å². The maximum atomic E-state index is 13.5. The predicted molar refractivity (Wildman–Crippen MR) is 76.5 cm³/mol. The fourth-order valence-electron chi connectivity index (χ4n) is 2.25. The minimum Gasteiger partial charge on any atom is -0.354 e. The molecule has 1 fully saturated rings. The highest BCUT2D eigenvalue weighted by Gasteiger charge is 2.19. The zero-order valence-electron chi connectivity index (χ0n) is 10.7. The Labute approximate surface area is 121 Å². The Bertz CT molecular complexity index is 447. The van der Waals surface area contributed by atoms with Crippen LogP contribution < -0.4 is 10.6 Å². The molecule has 1 heterocycles. The van der Waals surface area contributed by atoms with Crippen molar-refractivity contribution in [3.63, 3.8) is 0 Å². The van der Waals surface area contributed by atoms with E-state index in [-0.39, 0.29) is 17.8 Å².